The molecular formula is C21H18ClN5O. The first-order valence-electron chi connectivity index (χ1n) is 8.88. The summed E-state index contributed by atoms with van der Waals surface area (Å²) in [6.45, 7) is 0.498. The third-order valence-electron chi connectivity index (χ3n) is 4.28. The van der Waals surface area contributed by atoms with Crippen molar-refractivity contribution in [2.24, 2.45) is 0 Å². The van der Waals surface area contributed by atoms with E-state index < -0.39 is 0 Å². The van der Waals surface area contributed by atoms with Gasteiger partial charge in [0.1, 0.15) is 0 Å². The molecule has 0 bridgehead atoms. The van der Waals surface area contributed by atoms with Gasteiger partial charge in [0.2, 0.25) is 0 Å². The van der Waals surface area contributed by atoms with Gasteiger partial charge in [0, 0.05) is 18.9 Å². The van der Waals surface area contributed by atoms with E-state index in [1.54, 1.807) is 23.0 Å². The number of halogens is 1. The normalized spacial score (nSPS) is 10.8. The molecule has 0 fully saturated rings. The van der Waals surface area contributed by atoms with Gasteiger partial charge in [-0.1, -0.05) is 41.9 Å². The number of para-hydroxylation sites is 2. The lowest BCUT2D eigenvalue weighted by Gasteiger charge is -2.04. The molecular weight excluding hydrogens is 374 g/mol. The molecule has 28 heavy (non-hydrogen) atoms. The van der Waals surface area contributed by atoms with E-state index in [0.717, 1.165) is 16.9 Å². The van der Waals surface area contributed by atoms with Gasteiger partial charge in [-0.3, -0.25) is 4.79 Å². The van der Waals surface area contributed by atoms with E-state index in [1.807, 2.05) is 65.6 Å². The van der Waals surface area contributed by atoms with E-state index in [-0.39, 0.29) is 5.91 Å². The van der Waals surface area contributed by atoms with Crippen molar-refractivity contribution in [2.45, 2.75) is 6.42 Å². The molecule has 7 heteroatoms. The summed E-state index contributed by atoms with van der Waals surface area (Å²) in [7, 11) is 0. The first-order valence-corrected chi connectivity index (χ1v) is 9.26. The first-order chi connectivity index (χ1) is 13.7. The number of carbonyl (C=O) groups is 1. The highest BCUT2D eigenvalue weighted by atomic mass is 35.5. The van der Waals surface area contributed by atoms with Gasteiger partial charge in [-0.2, -0.15) is 10.2 Å². The van der Waals surface area contributed by atoms with Crippen LogP contribution in [0.5, 0.6) is 0 Å². The van der Waals surface area contributed by atoms with E-state index in [1.165, 1.54) is 0 Å². The predicted octanol–water partition coefficient (Wildman–Crippen LogP) is 3.68. The highest BCUT2D eigenvalue weighted by Crippen LogP contribution is 2.19. The van der Waals surface area contributed by atoms with Crippen molar-refractivity contribution in [1.82, 2.24) is 24.9 Å². The minimum absolute atomic E-state index is 0.221. The zero-order chi connectivity index (χ0) is 19.3. The van der Waals surface area contributed by atoms with E-state index in [0.29, 0.717) is 23.7 Å². The Morgan fingerprint density at radius 3 is 2.61 bits per heavy atom. The van der Waals surface area contributed by atoms with Crippen molar-refractivity contribution in [3.05, 3.63) is 95.5 Å². The zero-order valence-corrected chi connectivity index (χ0v) is 15.8. The molecule has 4 aromatic rings. The Kier molecular flexibility index (Phi) is 5.21. The second-order valence-corrected chi connectivity index (χ2v) is 6.64. The molecule has 4 rings (SSSR count). The minimum Gasteiger partial charge on any atom is -0.350 e. The third kappa shape index (κ3) is 3.97. The minimum atomic E-state index is -0.221. The summed E-state index contributed by atoms with van der Waals surface area (Å²) in [6.07, 6.45) is 6.18. The summed E-state index contributed by atoms with van der Waals surface area (Å²) in [6, 6.07) is 18.9. The molecule has 0 saturated carbocycles. The highest BCUT2D eigenvalue weighted by Gasteiger charge is 2.11. The molecule has 140 valence electrons. The topological polar surface area (TPSA) is 64.7 Å². The molecule has 0 saturated heterocycles. The van der Waals surface area contributed by atoms with Gasteiger partial charge in [0.25, 0.3) is 5.91 Å². The van der Waals surface area contributed by atoms with Crippen molar-refractivity contribution in [3.63, 3.8) is 0 Å². The quantitative estimate of drug-likeness (QED) is 0.545. The standard InChI is InChI=1S/C21H18ClN5O/c22-18-8-4-5-9-20(18)26-13-11-19(25-26)21(28)23-12-10-16-14-24-27(15-16)17-6-2-1-3-7-17/h1-9,11,13-15H,10,12H2,(H,23,28). The summed E-state index contributed by atoms with van der Waals surface area (Å²) in [5.74, 6) is -0.221. The van der Waals surface area contributed by atoms with Gasteiger partial charge >= 0.3 is 0 Å². The SMILES string of the molecule is O=C(NCCc1cnn(-c2ccccc2)c1)c1ccn(-c2ccccc2Cl)n1. The Morgan fingerprint density at radius 1 is 1.00 bits per heavy atom. The highest BCUT2D eigenvalue weighted by molar-refractivity contribution is 6.32. The molecule has 0 aliphatic heterocycles. The molecule has 0 atom stereocenters. The number of carbonyl (C=O) groups excluding carboxylic acids is 1. The van der Waals surface area contributed by atoms with Crippen LogP contribution in [0.4, 0.5) is 0 Å². The summed E-state index contributed by atoms with van der Waals surface area (Å²) >= 11 is 6.18. The van der Waals surface area contributed by atoms with Crippen LogP contribution in [0.3, 0.4) is 0 Å². The fourth-order valence-corrected chi connectivity index (χ4v) is 3.06. The van der Waals surface area contributed by atoms with Crippen molar-refractivity contribution in [2.75, 3.05) is 6.54 Å². The van der Waals surface area contributed by atoms with E-state index in [4.69, 9.17) is 11.6 Å². The monoisotopic (exact) mass is 391 g/mol. The van der Waals surface area contributed by atoms with Gasteiger partial charge in [-0.25, -0.2) is 9.36 Å². The molecule has 0 unspecified atom stereocenters. The molecule has 1 amide bonds. The Balaban J connectivity index is 1.34. The van der Waals surface area contributed by atoms with Crippen LogP contribution >= 0.6 is 11.6 Å². The maximum absolute atomic E-state index is 12.4. The number of hydrogen-bond donors (Lipinski definition) is 1. The first kappa shape index (κ1) is 18.0. The molecule has 2 heterocycles. The summed E-state index contributed by atoms with van der Waals surface area (Å²) in [5.41, 5.74) is 3.13. The van der Waals surface area contributed by atoms with Crippen LogP contribution in [-0.4, -0.2) is 32.0 Å². The number of benzene rings is 2. The van der Waals surface area contributed by atoms with Crippen LogP contribution in [0.25, 0.3) is 11.4 Å². The van der Waals surface area contributed by atoms with Crippen molar-refractivity contribution in [3.8, 4) is 11.4 Å². The number of rotatable bonds is 6. The van der Waals surface area contributed by atoms with Gasteiger partial charge < -0.3 is 5.32 Å². The zero-order valence-electron chi connectivity index (χ0n) is 15.0. The van der Waals surface area contributed by atoms with Gasteiger partial charge in [0.05, 0.1) is 22.6 Å². The van der Waals surface area contributed by atoms with E-state index in [9.17, 15) is 4.79 Å². The van der Waals surface area contributed by atoms with Gasteiger partial charge in [-0.05, 0) is 42.3 Å². The Hall–Kier alpha value is -3.38. The number of aromatic nitrogens is 4. The molecule has 2 aromatic heterocycles. The van der Waals surface area contributed by atoms with Gasteiger partial charge in [-0.15, -0.1) is 0 Å². The van der Waals surface area contributed by atoms with Crippen LogP contribution in [-0.2, 0) is 6.42 Å². The molecule has 0 aliphatic rings. The second-order valence-electron chi connectivity index (χ2n) is 6.23. The summed E-state index contributed by atoms with van der Waals surface area (Å²) in [4.78, 5) is 12.4. The van der Waals surface area contributed by atoms with E-state index >= 15 is 0 Å². The fourth-order valence-electron chi connectivity index (χ4n) is 2.84. The average molecular weight is 392 g/mol. The Bertz CT molecular complexity index is 1090. The number of nitrogens with zero attached hydrogens (tertiary/aromatic N) is 4. The Morgan fingerprint density at radius 2 is 1.79 bits per heavy atom. The molecule has 0 spiro atoms. The largest absolute Gasteiger partial charge is 0.350 e. The molecule has 0 radical (unpaired) electrons. The number of hydrogen-bond acceptors (Lipinski definition) is 3. The van der Waals surface area contributed by atoms with Gasteiger partial charge in [0.15, 0.2) is 5.69 Å². The van der Waals surface area contributed by atoms with Crippen molar-refractivity contribution >= 4 is 17.5 Å². The van der Waals surface area contributed by atoms with Crippen LogP contribution in [0, 0.1) is 0 Å². The number of nitrogens with one attached hydrogen (secondary N) is 1. The Labute approximate surface area is 167 Å². The summed E-state index contributed by atoms with van der Waals surface area (Å²) < 4.78 is 3.42. The fraction of sp³-hybridized carbons (Fsp3) is 0.0952. The average Bonchev–Trinajstić information content (AvgIpc) is 3.39. The van der Waals surface area contributed by atoms with Crippen molar-refractivity contribution in [1.29, 1.82) is 0 Å². The van der Waals surface area contributed by atoms with E-state index in [2.05, 4.69) is 15.5 Å². The number of amides is 1. The van der Waals surface area contributed by atoms with Crippen molar-refractivity contribution < 1.29 is 4.79 Å². The van der Waals surface area contributed by atoms with Crippen LogP contribution in [0.2, 0.25) is 5.02 Å². The van der Waals surface area contributed by atoms with Crippen LogP contribution in [0.15, 0.2) is 79.3 Å². The molecule has 1 N–H and O–H groups in total. The third-order valence-corrected chi connectivity index (χ3v) is 4.60. The lowest BCUT2D eigenvalue weighted by Crippen LogP contribution is -2.26. The maximum atomic E-state index is 12.4. The lowest BCUT2D eigenvalue weighted by molar-refractivity contribution is 0.0948. The van der Waals surface area contributed by atoms with Crippen LogP contribution < -0.4 is 5.32 Å². The smallest absolute Gasteiger partial charge is 0.271 e. The second kappa shape index (κ2) is 8.10. The molecule has 6 nitrogen and oxygen atoms in total. The molecule has 2 aromatic carbocycles. The predicted molar refractivity (Wildman–Crippen MR) is 108 cm³/mol. The lowest BCUT2D eigenvalue weighted by atomic mass is 10.2. The summed E-state index contributed by atoms with van der Waals surface area (Å²) in [5, 5.41) is 12.1. The maximum Gasteiger partial charge on any atom is 0.271 e. The molecule has 0 aliphatic carbocycles. The van der Waals surface area contributed by atoms with Crippen LogP contribution in [0.1, 0.15) is 16.1 Å².